The summed E-state index contributed by atoms with van der Waals surface area (Å²) >= 11 is 2.82. The van der Waals surface area contributed by atoms with Crippen molar-refractivity contribution >= 4 is 21.8 Å². The fourth-order valence-electron chi connectivity index (χ4n) is 1.70. The molecule has 0 aliphatic rings. The van der Waals surface area contributed by atoms with E-state index in [1.807, 2.05) is 0 Å². The molecule has 0 spiro atoms. The molecule has 8 heteroatoms. The lowest BCUT2D eigenvalue weighted by Gasteiger charge is -2.22. The molecular formula is C13H15BrF3NO3. The lowest BCUT2D eigenvalue weighted by atomic mass is 10.1. The minimum Gasteiger partial charge on any atom is -0.395 e. The summed E-state index contributed by atoms with van der Waals surface area (Å²) in [4.78, 5) is 13.5. The summed E-state index contributed by atoms with van der Waals surface area (Å²) in [6, 6.07) is 3.28. The number of rotatable bonds is 6. The van der Waals surface area contributed by atoms with E-state index in [1.165, 1.54) is 24.1 Å². The Morgan fingerprint density at radius 2 is 2.05 bits per heavy atom. The summed E-state index contributed by atoms with van der Waals surface area (Å²) in [5.74, 6) is -0.584. The second-order valence-corrected chi connectivity index (χ2v) is 5.06. The average molecular weight is 370 g/mol. The quantitative estimate of drug-likeness (QED) is 0.838. The van der Waals surface area contributed by atoms with Gasteiger partial charge in [-0.25, -0.2) is 0 Å². The molecule has 0 saturated heterocycles. The number of hydrogen-bond acceptors (Lipinski definition) is 3. The molecule has 1 aromatic carbocycles. The number of benzene rings is 1. The minimum absolute atomic E-state index is 0.0274. The van der Waals surface area contributed by atoms with Gasteiger partial charge >= 0.3 is 6.18 Å². The van der Waals surface area contributed by atoms with E-state index in [4.69, 9.17) is 9.84 Å². The number of carbonyl (C=O) groups is 1. The van der Waals surface area contributed by atoms with Gasteiger partial charge in [-0.3, -0.25) is 4.79 Å². The molecule has 4 nitrogen and oxygen atoms in total. The van der Waals surface area contributed by atoms with Crippen LogP contribution in [-0.4, -0.2) is 49.3 Å². The summed E-state index contributed by atoms with van der Waals surface area (Å²) in [6.45, 7) is 0.166. The first-order valence-corrected chi connectivity index (χ1v) is 6.86. The third kappa shape index (κ3) is 4.98. The van der Waals surface area contributed by atoms with Crippen LogP contribution in [0.15, 0.2) is 22.7 Å². The first-order valence-electron chi connectivity index (χ1n) is 6.07. The van der Waals surface area contributed by atoms with Crippen molar-refractivity contribution in [1.82, 2.24) is 4.90 Å². The van der Waals surface area contributed by atoms with Crippen LogP contribution in [0.5, 0.6) is 0 Å². The lowest BCUT2D eigenvalue weighted by Crippen LogP contribution is -2.36. The van der Waals surface area contributed by atoms with Gasteiger partial charge in [0, 0.05) is 30.2 Å². The van der Waals surface area contributed by atoms with Crippen LogP contribution >= 0.6 is 15.9 Å². The summed E-state index contributed by atoms with van der Waals surface area (Å²) in [5.41, 5.74) is -1.00. The minimum atomic E-state index is -4.55. The Morgan fingerprint density at radius 1 is 1.38 bits per heavy atom. The van der Waals surface area contributed by atoms with Crippen molar-refractivity contribution in [2.45, 2.75) is 6.18 Å². The fraction of sp³-hybridized carbons (Fsp3) is 0.462. The van der Waals surface area contributed by atoms with Crippen LogP contribution in [0.3, 0.4) is 0 Å². The smallest absolute Gasteiger partial charge is 0.395 e. The molecule has 0 unspecified atom stereocenters. The van der Waals surface area contributed by atoms with Gasteiger partial charge in [-0.05, 0) is 18.2 Å². The monoisotopic (exact) mass is 369 g/mol. The van der Waals surface area contributed by atoms with Gasteiger partial charge < -0.3 is 14.7 Å². The second kappa shape index (κ2) is 7.77. The second-order valence-electron chi connectivity index (χ2n) is 4.20. The van der Waals surface area contributed by atoms with E-state index in [0.717, 1.165) is 6.07 Å². The van der Waals surface area contributed by atoms with Crippen LogP contribution < -0.4 is 0 Å². The zero-order valence-corrected chi connectivity index (χ0v) is 12.9. The van der Waals surface area contributed by atoms with Crippen LogP contribution in [-0.2, 0) is 10.9 Å². The summed E-state index contributed by atoms with van der Waals surface area (Å²) in [7, 11) is 1.45. The number of halogens is 4. The molecule has 0 saturated carbocycles. The number of alkyl halides is 3. The topological polar surface area (TPSA) is 49.8 Å². The Labute approximate surface area is 128 Å². The molecule has 0 aliphatic carbocycles. The molecule has 0 atom stereocenters. The first kappa shape index (κ1) is 17.9. The third-order valence-corrected chi connectivity index (χ3v) is 3.43. The van der Waals surface area contributed by atoms with E-state index in [2.05, 4.69) is 15.9 Å². The molecule has 0 aliphatic heterocycles. The van der Waals surface area contributed by atoms with Crippen LogP contribution in [0.1, 0.15) is 15.9 Å². The van der Waals surface area contributed by atoms with E-state index in [1.54, 1.807) is 0 Å². The molecule has 0 heterocycles. The fourth-order valence-corrected chi connectivity index (χ4v) is 2.17. The van der Waals surface area contributed by atoms with Gasteiger partial charge in [0.15, 0.2) is 0 Å². The molecule has 21 heavy (non-hydrogen) atoms. The maximum atomic E-state index is 12.8. The maximum Gasteiger partial charge on any atom is 0.417 e. The molecular weight excluding hydrogens is 355 g/mol. The normalized spacial score (nSPS) is 11.5. The molecule has 1 rings (SSSR count). The predicted molar refractivity (Wildman–Crippen MR) is 74.0 cm³/mol. The Morgan fingerprint density at radius 3 is 2.57 bits per heavy atom. The molecule has 0 fully saturated rings. The number of methoxy groups -OCH3 is 1. The SMILES string of the molecule is COCCN(CCO)C(=O)c1ccc(Br)c(C(F)(F)F)c1. The van der Waals surface area contributed by atoms with Crippen LogP contribution in [0.25, 0.3) is 0 Å². The molecule has 0 aromatic heterocycles. The highest BCUT2D eigenvalue weighted by molar-refractivity contribution is 9.10. The highest BCUT2D eigenvalue weighted by Gasteiger charge is 2.34. The van der Waals surface area contributed by atoms with Gasteiger partial charge in [0.1, 0.15) is 0 Å². The molecule has 1 aromatic rings. The maximum absolute atomic E-state index is 12.8. The van der Waals surface area contributed by atoms with Gasteiger partial charge in [-0.2, -0.15) is 13.2 Å². The number of ether oxygens (including phenoxy) is 1. The average Bonchev–Trinajstić information content (AvgIpc) is 2.42. The zero-order valence-electron chi connectivity index (χ0n) is 11.3. The highest BCUT2D eigenvalue weighted by atomic mass is 79.9. The zero-order chi connectivity index (χ0) is 16.0. The number of hydrogen-bond donors (Lipinski definition) is 1. The molecule has 1 amide bonds. The van der Waals surface area contributed by atoms with Crippen LogP contribution in [0, 0.1) is 0 Å². The molecule has 0 radical (unpaired) electrons. The molecule has 0 bridgehead atoms. The van der Waals surface area contributed by atoms with Gasteiger partial charge in [0.25, 0.3) is 5.91 Å². The Balaban J connectivity index is 3.05. The largest absolute Gasteiger partial charge is 0.417 e. The van der Waals surface area contributed by atoms with Crippen molar-refractivity contribution in [2.75, 3.05) is 33.4 Å². The number of aliphatic hydroxyl groups excluding tert-OH is 1. The third-order valence-electron chi connectivity index (χ3n) is 2.74. The Hall–Kier alpha value is -1.12. The summed E-state index contributed by atoms with van der Waals surface area (Å²) in [5, 5.41) is 8.94. The van der Waals surface area contributed by atoms with E-state index in [0.29, 0.717) is 0 Å². The van der Waals surface area contributed by atoms with Crippen molar-refractivity contribution in [3.63, 3.8) is 0 Å². The van der Waals surface area contributed by atoms with Crippen molar-refractivity contribution in [1.29, 1.82) is 0 Å². The number of carbonyl (C=O) groups excluding carboxylic acids is 1. The van der Waals surface area contributed by atoms with Crippen LogP contribution in [0.2, 0.25) is 0 Å². The van der Waals surface area contributed by atoms with Gasteiger partial charge in [0.2, 0.25) is 0 Å². The van der Waals surface area contributed by atoms with E-state index >= 15 is 0 Å². The van der Waals surface area contributed by atoms with Crippen LogP contribution in [0.4, 0.5) is 13.2 Å². The molecule has 1 N–H and O–H groups in total. The number of nitrogens with zero attached hydrogens (tertiary/aromatic N) is 1. The van der Waals surface area contributed by atoms with E-state index in [9.17, 15) is 18.0 Å². The van der Waals surface area contributed by atoms with Gasteiger partial charge in [0.05, 0.1) is 18.8 Å². The van der Waals surface area contributed by atoms with Crippen molar-refractivity contribution in [3.8, 4) is 0 Å². The summed E-state index contributed by atoms with van der Waals surface area (Å²) in [6.07, 6.45) is -4.55. The lowest BCUT2D eigenvalue weighted by molar-refractivity contribution is -0.138. The van der Waals surface area contributed by atoms with E-state index in [-0.39, 0.29) is 36.3 Å². The Kier molecular flexibility index (Phi) is 6.63. The Bertz CT molecular complexity index is 494. The van der Waals surface area contributed by atoms with Gasteiger partial charge in [-0.15, -0.1) is 0 Å². The molecule has 118 valence electrons. The van der Waals surface area contributed by atoms with Gasteiger partial charge in [-0.1, -0.05) is 15.9 Å². The first-order chi connectivity index (χ1) is 9.81. The number of aliphatic hydroxyl groups is 1. The van der Waals surface area contributed by atoms with Crippen molar-refractivity contribution in [3.05, 3.63) is 33.8 Å². The summed E-state index contributed by atoms with van der Waals surface area (Å²) < 4.78 is 43.2. The van der Waals surface area contributed by atoms with E-state index < -0.39 is 17.6 Å². The standard InChI is InChI=1S/C13H15BrF3NO3/c1-21-7-5-18(4-6-19)12(20)9-2-3-11(14)10(8-9)13(15,16)17/h2-3,8,19H,4-7H2,1H3. The van der Waals surface area contributed by atoms with Crippen molar-refractivity contribution in [2.24, 2.45) is 0 Å². The predicted octanol–water partition coefficient (Wildman–Crippen LogP) is 2.55. The highest BCUT2D eigenvalue weighted by Crippen LogP contribution is 2.35. The number of amides is 1. The van der Waals surface area contributed by atoms with Crippen molar-refractivity contribution < 1.29 is 27.8 Å².